The van der Waals surface area contributed by atoms with Gasteiger partial charge in [-0.1, -0.05) is 52.4 Å². The number of nitrogens with zero attached hydrogens (tertiary/aromatic N) is 1. The molecule has 0 amide bonds. The summed E-state index contributed by atoms with van der Waals surface area (Å²) in [5.74, 6) is 7.12. The van der Waals surface area contributed by atoms with Gasteiger partial charge in [0.1, 0.15) is 0 Å². The van der Waals surface area contributed by atoms with Crippen LogP contribution in [-0.2, 0) is 0 Å². The molecule has 1 nitrogen and oxygen atoms in total. The monoisotopic (exact) mass is 369 g/mol. The lowest BCUT2D eigenvalue weighted by Crippen LogP contribution is -2.49. The first-order valence-electron chi connectivity index (χ1n) is 12.6. The van der Waals surface area contributed by atoms with Gasteiger partial charge in [-0.05, 0) is 99.2 Å². The van der Waals surface area contributed by atoms with E-state index in [9.17, 15) is 5.26 Å². The SMILES string of the molecule is CCCC[C@@]1(C#N)CCC2C(CCC3C2CCC2C3CCC[C@H]2CCC)C1. The minimum Gasteiger partial charge on any atom is -0.198 e. The molecule has 27 heavy (non-hydrogen) atoms. The van der Waals surface area contributed by atoms with Gasteiger partial charge in [0.25, 0.3) is 0 Å². The average Bonchev–Trinajstić information content (AvgIpc) is 2.72. The van der Waals surface area contributed by atoms with Crippen molar-refractivity contribution in [2.45, 2.75) is 110 Å². The first kappa shape index (κ1) is 19.8. The largest absolute Gasteiger partial charge is 0.198 e. The molecule has 4 saturated carbocycles. The molecule has 0 heterocycles. The van der Waals surface area contributed by atoms with Crippen LogP contribution >= 0.6 is 0 Å². The molecule has 0 N–H and O–H groups in total. The molecule has 6 unspecified atom stereocenters. The molecule has 0 aromatic carbocycles. The van der Waals surface area contributed by atoms with Gasteiger partial charge in [0, 0.05) is 0 Å². The highest BCUT2D eigenvalue weighted by atomic mass is 14.6. The van der Waals surface area contributed by atoms with Crippen LogP contribution in [0.25, 0.3) is 0 Å². The second kappa shape index (κ2) is 8.47. The Bertz CT molecular complexity index is 531. The second-order valence-corrected chi connectivity index (χ2v) is 11.0. The Kier molecular flexibility index (Phi) is 6.21. The molecule has 4 rings (SSSR count). The maximum absolute atomic E-state index is 9.97. The molecule has 8 atom stereocenters. The Labute approximate surface area is 168 Å². The third-order valence-electron chi connectivity index (χ3n) is 9.74. The van der Waals surface area contributed by atoms with Gasteiger partial charge >= 0.3 is 0 Å². The molecule has 0 aliphatic heterocycles. The second-order valence-electron chi connectivity index (χ2n) is 11.0. The average molecular weight is 370 g/mol. The van der Waals surface area contributed by atoms with Crippen LogP contribution in [0.1, 0.15) is 110 Å². The van der Waals surface area contributed by atoms with Gasteiger partial charge in [-0.25, -0.2) is 0 Å². The van der Waals surface area contributed by atoms with Gasteiger partial charge in [0.05, 0.1) is 11.5 Å². The molecule has 4 aliphatic rings. The molecule has 0 spiro atoms. The molecule has 152 valence electrons. The summed E-state index contributed by atoms with van der Waals surface area (Å²) in [7, 11) is 0. The smallest absolute Gasteiger partial charge is 0.0689 e. The van der Waals surface area contributed by atoms with Crippen molar-refractivity contribution in [3.05, 3.63) is 0 Å². The van der Waals surface area contributed by atoms with Crippen LogP contribution in [0.4, 0.5) is 0 Å². The number of fused-ring (bicyclic) bond motifs is 5. The van der Waals surface area contributed by atoms with E-state index in [4.69, 9.17) is 0 Å². The van der Waals surface area contributed by atoms with Crippen LogP contribution in [0.3, 0.4) is 0 Å². The van der Waals surface area contributed by atoms with E-state index in [0.717, 1.165) is 41.4 Å². The van der Waals surface area contributed by atoms with Crippen LogP contribution in [0.2, 0.25) is 0 Å². The standard InChI is InChI=1S/C26H43N/c1-3-5-15-26(18-27)16-14-22-20(17-26)10-11-25-23-9-6-8-19(7-4-2)21(23)12-13-24(22)25/h19-25H,3-17H2,1-2H3/t19-,20?,21?,22?,23?,24?,25?,26-/m1/s1. The van der Waals surface area contributed by atoms with Crippen molar-refractivity contribution in [1.82, 2.24) is 0 Å². The van der Waals surface area contributed by atoms with Crippen molar-refractivity contribution in [3.63, 3.8) is 0 Å². The quantitative estimate of drug-likeness (QED) is 0.486. The van der Waals surface area contributed by atoms with Crippen LogP contribution in [0.5, 0.6) is 0 Å². The molecule has 0 aromatic heterocycles. The first-order valence-corrected chi connectivity index (χ1v) is 12.6. The van der Waals surface area contributed by atoms with Crippen molar-refractivity contribution in [2.24, 2.45) is 46.8 Å². The van der Waals surface area contributed by atoms with Crippen LogP contribution < -0.4 is 0 Å². The van der Waals surface area contributed by atoms with E-state index in [-0.39, 0.29) is 5.41 Å². The molecule has 4 aliphatic carbocycles. The van der Waals surface area contributed by atoms with E-state index in [2.05, 4.69) is 19.9 Å². The summed E-state index contributed by atoms with van der Waals surface area (Å²) in [4.78, 5) is 0. The minimum absolute atomic E-state index is 0.0400. The van der Waals surface area contributed by atoms with E-state index in [1.165, 1.54) is 83.5 Å². The third kappa shape index (κ3) is 3.72. The van der Waals surface area contributed by atoms with E-state index in [1.807, 2.05) is 0 Å². The zero-order valence-corrected chi connectivity index (χ0v) is 18.1. The highest BCUT2D eigenvalue weighted by Gasteiger charge is 2.52. The van der Waals surface area contributed by atoms with E-state index in [1.54, 1.807) is 12.8 Å². The number of hydrogen-bond donors (Lipinski definition) is 0. The predicted octanol–water partition coefficient (Wildman–Crippen LogP) is 7.76. The summed E-state index contributed by atoms with van der Waals surface area (Å²) < 4.78 is 0. The number of hydrogen-bond acceptors (Lipinski definition) is 1. The zero-order chi connectivity index (χ0) is 18.9. The summed E-state index contributed by atoms with van der Waals surface area (Å²) in [6.07, 6.45) is 21.0. The van der Waals surface area contributed by atoms with Crippen molar-refractivity contribution in [1.29, 1.82) is 5.26 Å². The fourth-order valence-electron chi connectivity index (χ4n) is 8.60. The summed E-state index contributed by atoms with van der Waals surface area (Å²) in [5.41, 5.74) is 0.0400. The van der Waals surface area contributed by atoms with Crippen molar-refractivity contribution in [3.8, 4) is 6.07 Å². The summed E-state index contributed by atoms with van der Waals surface area (Å²) in [6.45, 7) is 4.67. The Balaban J connectivity index is 1.45. The van der Waals surface area contributed by atoms with Crippen molar-refractivity contribution in [2.75, 3.05) is 0 Å². The van der Waals surface area contributed by atoms with Gasteiger partial charge in [-0.2, -0.15) is 5.26 Å². The fraction of sp³-hybridized carbons (Fsp3) is 0.962. The van der Waals surface area contributed by atoms with Crippen LogP contribution in [0.15, 0.2) is 0 Å². The minimum atomic E-state index is 0.0400. The van der Waals surface area contributed by atoms with E-state index in [0.29, 0.717) is 0 Å². The topological polar surface area (TPSA) is 23.8 Å². The fourth-order valence-corrected chi connectivity index (χ4v) is 8.60. The Morgan fingerprint density at radius 1 is 0.815 bits per heavy atom. The lowest BCUT2D eigenvalue weighted by molar-refractivity contribution is -0.0716. The van der Waals surface area contributed by atoms with Gasteiger partial charge in [0.2, 0.25) is 0 Å². The molecule has 1 heteroatoms. The number of unbranched alkanes of at least 4 members (excludes halogenated alkanes) is 1. The zero-order valence-electron chi connectivity index (χ0n) is 18.1. The maximum atomic E-state index is 9.97. The molecule has 0 saturated heterocycles. The van der Waals surface area contributed by atoms with Gasteiger partial charge in [-0.15, -0.1) is 0 Å². The molecular formula is C26H43N. The lowest BCUT2D eigenvalue weighted by Gasteiger charge is -2.57. The Morgan fingerprint density at radius 2 is 1.56 bits per heavy atom. The Morgan fingerprint density at radius 3 is 2.33 bits per heavy atom. The van der Waals surface area contributed by atoms with Gasteiger partial charge < -0.3 is 0 Å². The maximum Gasteiger partial charge on any atom is 0.0689 e. The van der Waals surface area contributed by atoms with Crippen molar-refractivity contribution >= 4 is 0 Å². The normalized spacial score (nSPS) is 46.6. The molecule has 0 aromatic rings. The summed E-state index contributed by atoms with van der Waals surface area (Å²) >= 11 is 0. The van der Waals surface area contributed by atoms with E-state index >= 15 is 0 Å². The summed E-state index contributed by atoms with van der Waals surface area (Å²) in [5, 5.41) is 9.97. The lowest BCUT2D eigenvalue weighted by atomic mass is 9.48. The van der Waals surface area contributed by atoms with Gasteiger partial charge in [-0.3, -0.25) is 0 Å². The van der Waals surface area contributed by atoms with E-state index < -0.39 is 0 Å². The third-order valence-corrected chi connectivity index (χ3v) is 9.74. The highest BCUT2D eigenvalue weighted by Crippen LogP contribution is 2.60. The molecule has 0 radical (unpaired) electrons. The molecular weight excluding hydrogens is 326 g/mol. The molecule has 0 bridgehead atoms. The number of rotatable bonds is 5. The number of nitriles is 1. The molecule has 4 fully saturated rings. The first-order chi connectivity index (χ1) is 13.2. The van der Waals surface area contributed by atoms with Crippen molar-refractivity contribution < 1.29 is 0 Å². The Hall–Kier alpha value is -0.510. The van der Waals surface area contributed by atoms with Gasteiger partial charge in [0.15, 0.2) is 0 Å². The summed E-state index contributed by atoms with van der Waals surface area (Å²) in [6, 6.07) is 2.82. The van der Waals surface area contributed by atoms with Crippen LogP contribution in [-0.4, -0.2) is 0 Å². The van der Waals surface area contributed by atoms with Crippen LogP contribution in [0, 0.1) is 58.2 Å². The predicted molar refractivity (Wildman–Crippen MR) is 113 cm³/mol. The highest BCUT2D eigenvalue weighted by molar-refractivity contribution is 5.07.